The number of carbonyl (C=O) groups is 1. The molecule has 1 aromatic carbocycles. The highest BCUT2D eigenvalue weighted by Crippen LogP contribution is 2.54. The summed E-state index contributed by atoms with van der Waals surface area (Å²) in [5, 5.41) is 2.19. The Morgan fingerprint density at radius 1 is 0.962 bits per heavy atom. The molecular weight excluding hydrogens is 371 g/mol. The van der Waals surface area contributed by atoms with Crippen LogP contribution in [-0.4, -0.2) is 30.7 Å². The molecule has 1 N–H and O–H groups in total. The lowest BCUT2D eigenvalue weighted by Crippen LogP contribution is -2.54. The quantitative estimate of drug-likeness (QED) is 0.666. The van der Waals surface area contributed by atoms with Crippen molar-refractivity contribution in [1.82, 2.24) is 0 Å². The summed E-state index contributed by atoms with van der Waals surface area (Å²) in [6.45, 7) is 2.92. The second kappa shape index (κ2) is 7.32. The summed E-state index contributed by atoms with van der Waals surface area (Å²) >= 11 is 0. The van der Waals surface area contributed by atoms with Gasteiger partial charge in [0.05, 0.1) is 6.67 Å². The zero-order valence-corrected chi connectivity index (χ0v) is 14.2. The molecule has 0 fully saturated rings. The largest absolute Gasteiger partial charge is 0.444 e. The second-order valence-corrected chi connectivity index (χ2v) is 6.54. The van der Waals surface area contributed by atoms with Crippen LogP contribution < -0.4 is 5.32 Å². The van der Waals surface area contributed by atoms with Gasteiger partial charge in [-0.3, -0.25) is 9.71 Å². The van der Waals surface area contributed by atoms with Crippen molar-refractivity contribution in [2.45, 2.75) is 50.6 Å². The molecule has 0 saturated heterocycles. The van der Waals surface area contributed by atoms with E-state index in [9.17, 15) is 35.5 Å². The minimum atomic E-state index is -5.75. The van der Waals surface area contributed by atoms with Gasteiger partial charge in [0.15, 0.2) is 5.41 Å². The topological polar surface area (TPSA) is 38.3 Å². The Labute approximate surface area is 145 Å². The molecule has 0 bridgehead atoms. The maximum absolute atomic E-state index is 13.3. The molecule has 0 aliphatic carbocycles. The van der Waals surface area contributed by atoms with E-state index in [1.54, 1.807) is 20.8 Å². The van der Waals surface area contributed by atoms with Crippen LogP contribution in [0.1, 0.15) is 32.8 Å². The Morgan fingerprint density at radius 2 is 1.42 bits per heavy atom. The van der Waals surface area contributed by atoms with Gasteiger partial charge in [0.25, 0.3) is 0 Å². The van der Waals surface area contributed by atoms with E-state index >= 15 is 0 Å². The Kier molecular flexibility index (Phi) is 6.20. The molecule has 1 aromatic rings. The van der Waals surface area contributed by atoms with E-state index in [0.29, 0.717) is 12.1 Å². The fourth-order valence-electron chi connectivity index (χ4n) is 2.32. The molecule has 10 heteroatoms. The molecular formula is C16H18F7NO2. The Hall–Kier alpha value is -2.00. The van der Waals surface area contributed by atoms with Crippen LogP contribution in [0, 0.1) is 0 Å². The van der Waals surface area contributed by atoms with E-state index in [1.165, 1.54) is 0 Å². The van der Waals surface area contributed by atoms with E-state index in [-0.39, 0.29) is 5.69 Å². The fourth-order valence-corrected chi connectivity index (χ4v) is 2.32. The third-order valence-electron chi connectivity index (χ3n) is 3.46. The van der Waals surface area contributed by atoms with E-state index < -0.39 is 48.1 Å². The highest BCUT2D eigenvalue weighted by molar-refractivity contribution is 5.84. The zero-order valence-electron chi connectivity index (χ0n) is 14.2. The van der Waals surface area contributed by atoms with Gasteiger partial charge in [0.2, 0.25) is 0 Å². The summed E-state index contributed by atoms with van der Waals surface area (Å²) < 4.78 is 97.1. The van der Waals surface area contributed by atoms with Crippen LogP contribution in [0.25, 0.3) is 0 Å². The van der Waals surface area contributed by atoms with Gasteiger partial charge in [0, 0.05) is 12.1 Å². The van der Waals surface area contributed by atoms with Gasteiger partial charge in [-0.25, -0.2) is 4.79 Å². The summed E-state index contributed by atoms with van der Waals surface area (Å²) in [6, 6.07) is 2.85. The van der Waals surface area contributed by atoms with E-state index in [4.69, 9.17) is 4.74 Å². The lowest BCUT2D eigenvalue weighted by atomic mass is 9.76. The minimum Gasteiger partial charge on any atom is -0.444 e. The van der Waals surface area contributed by atoms with Crippen molar-refractivity contribution in [2.75, 3.05) is 12.0 Å². The minimum absolute atomic E-state index is 0.0681. The summed E-state index contributed by atoms with van der Waals surface area (Å²) in [5.41, 5.74) is -6.40. The number of amides is 1. The summed E-state index contributed by atoms with van der Waals surface area (Å²) in [4.78, 5) is 11.6. The van der Waals surface area contributed by atoms with E-state index in [1.807, 2.05) is 0 Å². The lowest BCUT2D eigenvalue weighted by molar-refractivity contribution is -0.306. The van der Waals surface area contributed by atoms with E-state index in [2.05, 4.69) is 5.32 Å². The first kappa shape index (κ1) is 22.0. The maximum Gasteiger partial charge on any atom is 0.412 e. The molecule has 26 heavy (non-hydrogen) atoms. The highest BCUT2D eigenvalue weighted by atomic mass is 19.4. The van der Waals surface area contributed by atoms with Crippen molar-refractivity contribution >= 4 is 11.8 Å². The van der Waals surface area contributed by atoms with Crippen LogP contribution in [0.2, 0.25) is 0 Å². The monoisotopic (exact) mass is 389 g/mol. The van der Waals surface area contributed by atoms with Gasteiger partial charge >= 0.3 is 18.4 Å². The first-order valence-corrected chi connectivity index (χ1v) is 7.44. The predicted molar refractivity (Wildman–Crippen MR) is 80.7 cm³/mol. The van der Waals surface area contributed by atoms with Crippen LogP contribution in [0.3, 0.4) is 0 Å². The molecule has 0 saturated carbocycles. The molecule has 0 aromatic heterocycles. The van der Waals surface area contributed by atoms with Crippen LogP contribution in [0.4, 0.5) is 41.2 Å². The normalized spacial score (nSPS) is 13.5. The number of alkyl halides is 7. The van der Waals surface area contributed by atoms with Crippen LogP contribution >= 0.6 is 0 Å². The van der Waals surface area contributed by atoms with Gasteiger partial charge in [-0.2, -0.15) is 26.3 Å². The average molecular weight is 389 g/mol. The smallest absolute Gasteiger partial charge is 0.412 e. The Bertz CT molecular complexity index is 601. The molecule has 0 aliphatic heterocycles. The number of halogens is 7. The predicted octanol–water partition coefficient (Wildman–Crippen LogP) is 5.76. The van der Waals surface area contributed by atoms with Gasteiger partial charge < -0.3 is 4.74 Å². The van der Waals surface area contributed by atoms with Gasteiger partial charge in [-0.1, -0.05) is 12.1 Å². The highest BCUT2D eigenvalue weighted by Gasteiger charge is 2.71. The second-order valence-electron chi connectivity index (χ2n) is 6.54. The number of rotatable bonds is 4. The lowest BCUT2D eigenvalue weighted by Gasteiger charge is -2.37. The molecule has 0 heterocycles. The summed E-state index contributed by atoms with van der Waals surface area (Å²) in [5.74, 6) is 0. The molecule has 0 radical (unpaired) electrons. The third-order valence-corrected chi connectivity index (χ3v) is 3.46. The molecule has 0 unspecified atom stereocenters. The van der Waals surface area contributed by atoms with Crippen molar-refractivity contribution in [1.29, 1.82) is 0 Å². The van der Waals surface area contributed by atoms with E-state index in [0.717, 1.165) is 12.1 Å². The SMILES string of the molecule is CC(C)(C)OC(=O)Nc1ccc(C(CCF)(C(F)(F)F)C(F)(F)F)cc1. The van der Waals surface area contributed by atoms with Gasteiger partial charge in [-0.05, 0) is 38.5 Å². The van der Waals surface area contributed by atoms with Crippen molar-refractivity contribution < 1.29 is 40.3 Å². The van der Waals surface area contributed by atoms with Crippen molar-refractivity contribution in [3.8, 4) is 0 Å². The van der Waals surface area contributed by atoms with Gasteiger partial charge in [0.1, 0.15) is 5.60 Å². The fraction of sp³-hybridized carbons (Fsp3) is 0.562. The number of ether oxygens (including phenoxy) is 1. The average Bonchev–Trinajstić information content (AvgIpc) is 2.41. The number of hydrogen-bond donors (Lipinski definition) is 1. The number of anilines is 1. The Balaban J connectivity index is 3.22. The first-order valence-electron chi connectivity index (χ1n) is 7.44. The number of nitrogens with one attached hydrogen (secondary N) is 1. The van der Waals surface area contributed by atoms with Crippen LogP contribution in [-0.2, 0) is 10.2 Å². The van der Waals surface area contributed by atoms with Crippen LogP contribution in [0.15, 0.2) is 24.3 Å². The van der Waals surface area contributed by atoms with Gasteiger partial charge in [-0.15, -0.1) is 0 Å². The number of benzene rings is 1. The van der Waals surface area contributed by atoms with Crippen molar-refractivity contribution in [3.05, 3.63) is 29.8 Å². The molecule has 1 amide bonds. The molecule has 148 valence electrons. The molecule has 1 rings (SSSR count). The maximum atomic E-state index is 13.3. The molecule has 0 atom stereocenters. The third kappa shape index (κ3) is 4.79. The molecule has 0 aliphatic rings. The zero-order chi connectivity index (χ0) is 20.4. The molecule has 0 spiro atoms. The first-order chi connectivity index (χ1) is 11.6. The number of carbonyl (C=O) groups excluding carboxylic acids is 1. The van der Waals surface area contributed by atoms with Crippen molar-refractivity contribution in [3.63, 3.8) is 0 Å². The Morgan fingerprint density at radius 3 is 1.77 bits per heavy atom. The standard InChI is InChI=1S/C16H18F7NO2/c1-13(2,3)26-12(25)24-11-6-4-10(5-7-11)14(8-9-17,15(18,19)20)16(21,22)23/h4-7H,8-9H2,1-3H3,(H,24,25). The van der Waals surface area contributed by atoms with Crippen LogP contribution in [0.5, 0.6) is 0 Å². The summed E-state index contributed by atoms with van der Waals surface area (Å²) in [6.07, 6.45) is -14.2. The number of hydrogen-bond acceptors (Lipinski definition) is 2. The van der Waals surface area contributed by atoms with Crippen molar-refractivity contribution in [2.24, 2.45) is 0 Å². The summed E-state index contributed by atoms with van der Waals surface area (Å²) in [7, 11) is 0. The molecule has 3 nitrogen and oxygen atoms in total.